The van der Waals surface area contributed by atoms with Gasteiger partial charge in [0.15, 0.2) is 23.1 Å². The van der Waals surface area contributed by atoms with E-state index in [1.807, 2.05) is 0 Å². The minimum atomic E-state index is -4.88. The lowest BCUT2D eigenvalue weighted by Gasteiger charge is -2.09. The number of aromatic nitrogens is 2. The largest absolute Gasteiger partial charge is 0.471 e. The molecule has 0 aliphatic carbocycles. The number of ether oxygens (including phenoxy) is 1. The summed E-state index contributed by atoms with van der Waals surface area (Å²) in [7, 11) is 0. The molecule has 1 aromatic heterocycles. The lowest BCUT2D eigenvalue weighted by molar-refractivity contribution is -0.159. The molecule has 0 fully saturated rings. The second-order valence-electron chi connectivity index (χ2n) is 4.72. The average molecular weight is 360 g/mol. The molecule has 25 heavy (non-hydrogen) atoms. The van der Waals surface area contributed by atoms with E-state index in [4.69, 9.17) is 4.74 Å². The fourth-order valence-electron chi connectivity index (χ4n) is 1.89. The van der Waals surface area contributed by atoms with Crippen LogP contribution >= 0.6 is 0 Å². The van der Waals surface area contributed by atoms with Crippen LogP contribution in [0.4, 0.5) is 26.3 Å². The van der Waals surface area contributed by atoms with Gasteiger partial charge in [-0.15, -0.1) is 0 Å². The molecule has 3 rings (SSSR count). The molecule has 0 radical (unpaired) electrons. The predicted molar refractivity (Wildman–Crippen MR) is 71.1 cm³/mol. The van der Waals surface area contributed by atoms with Crippen LogP contribution in [0.3, 0.4) is 0 Å². The van der Waals surface area contributed by atoms with Gasteiger partial charge in [0.05, 0.1) is 5.56 Å². The zero-order valence-corrected chi connectivity index (χ0v) is 11.9. The quantitative estimate of drug-likeness (QED) is 0.619. The minimum absolute atomic E-state index is 0.445. The molecule has 0 spiro atoms. The average Bonchev–Trinajstić information content (AvgIpc) is 3.02. The number of hydrogen-bond donors (Lipinski definition) is 0. The highest BCUT2D eigenvalue weighted by atomic mass is 19.4. The molecule has 0 aliphatic heterocycles. The van der Waals surface area contributed by atoms with Crippen LogP contribution in [0, 0.1) is 17.5 Å². The smallest absolute Gasteiger partial charge is 0.451 e. The molecule has 0 bridgehead atoms. The summed E-state index contributed by atoms with van der Waals surface area (Å²) in [5.41, 5.74) is -0.445. The second kappa shape index (κ2) is 6.11. The number of alkyl halides is 3. The summed E-state index contributed by atoms with van der Waals surface area (Å²) in [4.78, 5) is 3.07. The molecule has 0 saturated heterocycles. The molecular formula is C15H6F6N2O2. The molecule has 0 saturated carbocycles. The molecule has 1 heterocycles. The van der Waals surface area contributed by atoms with Crippen molar-refractivity contribution in [2.75, 3.05) is 0 Å². The van der Waals surface area contributed by atoms with Crippen LogP contribution in [0.1, 0.15) is 5.89 Å². The van der Waals surface area contributed by atoms with Crippen molar-refractivity contribution in [3.05, 3.63) is 59.7 Å². The maximum absolute atomic E-state index is 14.4. The summed E-state index contributed by atoms with van der Waals surface area (Å²) in [6, 6.07) is 5.80. The number of nitrogens with zero attached hydrogens (tertiary/aromatic N) is 2. The summed E-state index contributed by atoms with van der Waals surface area (Å²) in [6.07, 6.45) is -4.88. The first kappa shape index (κ1) is 16.8. The van der Waals surface area contributed by atoms with Crippen LogP contribution in [-0.2, 0) is 6.18 Å². The molecule has 2 aromatic carbocycles. The van der Waals surface area contributed by atoms with Crippen molar-refractivity contribution in [1.29, 1.82) is 0 Å². The van der Waals surface area contributed by atoms with Gasteiger partial charge in [-0.3, -0.25) is 0 Å². The van der Waals surface area contributed by atoms with Gasteiger partial charge in [0.1, 0.15) is 5.82 Å². The Morgan fingerprint density at radius 2 is 1.72 bits per heavy atom. The zero-order chi connectivity index (χ0) is 18.2. The van der Waals surface area contributed by atoms with Crippen LogP contribution in [0.15, 0.2) is 40.9 Å². The zero-order valence-electron chi connectivity index (χ0n) is 11.9. The van der Waals surface area contributed by atoms with Crippen LogP contribution in [0.2, 0.25) is 0 Å². The summed E-state index contributed by atoms with van der Waals surface area (Å²) in [5.74, 6) is -6.36. The first-order valence-electron chi connectivity index (χ1n) is 6.58. The number of benzene rings is 2. The van der Waals surface area contributed by atoms with Crippen LogP contribution < -0.4 is 4.74 Å². The Morgan fingerprint density at radius 1 is 0.960 bits per heavy atom. The fourth-order valence-corrected chi connectivity index (χ4v) is 1.89. The van der Waals surface area contributed by atoms with Crippen molar-refractivity contribution >= 4 is 0 Å². The molecule has 130 valence electrons. The van der Waals surface area contributed by atoms with Crippen LogP contribution in [-0.4, -0.2) is 10.1 Å². The van der Waals surface area contributed by atoms with E-state index in [9.17, 15) is 26.3 Å². The Labute approximate surface area is 135 Å². The Morgan fingerprint density at radius 3 is 2.36 bits per heavy atom. The highest BCUT2D eigenvalue weighted by Crippen LogP contribution is 2.34. The maximum Gasteiger partial charge on any atom is 0.471 e. The van der Waals surface area contributed by atoms with Crippen molar-refractivity contribution in [3.8, 4) is 22.9 Å². The molecule has 0 atom stereocenters. The summed E-state index contributed by atoms with van der Waals surface area (Å²) >= 11 is 0. The second-order valence-corrected chi connectivity index (χ2v) is 4.72. The standard InChI is InChI=1S/C15H6F6N2O2/c16-7-4-5-10(9(17)6-7)24-11-3-1-2-8(12(11)18)13-22-14(25-23-13)15(19,20)21/h1-6H. The molecule has 10 heteroatoms. The van der Waals surface area contributed by atoms with E-state index in [2.05, 4.69) is 14.7 Å². The molecule has 3 aromatic rings. The van der Waals surface area contributed by atoms with Gasteiger partial charge in [-0.2, -0.15) is 18.2 Å². The molecule has 4 nitrogen and oxygen atoms in total. The summed E-state index contributed by atoms with van der Waals surface area (Å²) in [5, 5.41) is 3.07. The Hall–Kier alpha value is -3.04. The Kier molecular flexibility index (Phi) is 4.11. The van der Waals surface area contributed by atoms with Crippen LogP contribution in [0.25, 0.3) is 11.4 Å². The van der Waals surface area contributed by atoms with Gasteiger partial charge in [-0.05, 0) is 24.3 Å². The molecule has 0 amide bonds. The SMILES string of the molecule is Fc1ccc(Oc2cccc(-c3noc(C(F)(F)F)n3)c2F)c(F)c1. The van der Waals surface area contributed by atoms with Gasteiger partial charge in [0.2, 0.25) is 5.82 Å². The van der Waals surface area contributed by atoms with Crippen molar-refractivity contribution in [3.63, 3.8) is 0 Å². The van der Waals surface area contributed by atoms with Crippen molar-refractivity contribution < 1.29 is 35.6 Å². The van der Waals surface area contributed by atoms with Crippen LogP contribution in [0.5, 0.6) is 11.5 Å². The van der Waals surface area contributed by atoms with Crippen molar-refractivity contribution in [2.24, 2.45) is 0 Å². The highest BCUT2D eigenvalue weighted by Gasteiger charge is 2.38. The van der Waals surface area contributed by atoms with Gasteiger partial charge in [0, 0.05) is 6.07 Å². The van der Waals surface area contributed by atoms with Gasteiger partial charge < -0.3 is 9.26 Å². The molecule has 0 aliphatic rings. The Balaban J connectivity index is 1.96. The van der Waals surface area contributed by atoms with E-state index in [1.165, 1.54) is 6.07 Å². The third-order valence-corrected chi connectivity index (χ3v) is 2.99. The lowest BCUT2D eigenvalue weighted by Crippen LogP contribution is -2.05. The third kappa shape index (κ3) is 3.42. The van der Waals surface area contributed by atoms with Crippen molar-refractivity contribution in [1.82, 2.24) is 10.1 Å². The van der Waals surface area contributed by atoms with Crippen molar-refractivity contribution in [2.45, 2.75) is 6.18 Å². The van der Waals surface area contributed by atoms with E-state index >= 15 is 0 Å². The highest BCUT2D eigenvalue weighted by molar-refractivity contribution is 5.58. The summed E-state index contributed by atoms with van der Waals surface area (Å²) < 4.78 is 87.3. The monoisotopic (exact) mass is 360 g/mol. The third-order valence-electron chi connectivity index (χ3n) is 2.99. The number of rotatable bonds is 3. The van der Waals surface area contributed by atoms with E-state index in [0.717, 1.165) is 24.3 Å². The van der Waals surface area contributed by atoms with E-state index in [-0.39, 0.29) is 0 Å². The van der Waals surface area contributed by atoms with Gasteiger partial charge >= 0.3 is 12.1 Å². The lowest BCUT2D eigenvalue weighted by atomic mass is 10.2. The predicted octanol–water partition coefficient (Wildman–Crippen LogP) is 4.97. The minimum Gasteiger partial charge on any atom is -0.451 e. The number of halogens is 6. The normalized spacial score (nSPS) is 11.6. The van der Waals surface area contributed by atoms with Gasteiger partial charge in [-0.25, -0.2) is 13.2 Å². The van der Waals surface area contributed by atoms with E-state index in [0.29, 0.717) is 6.07 Å². The topological polar surface area (TPSA) is 48.2 Å². The maximum atomic E-state index is 14.4. The van der Waals surface area contributed by atoms with E-state index in [1.54, 1.807) is 0 Å². The molecule has 0 N–H and O–H groups in total. The first-order valence-corrected chi connectivity index (χ1v) is 6.58. The van der Waals surface area contributed by atoms with Gasteiger partial charge in [0.25, 0.3) is 0 Å². The van der Waals surface area contributed by atoms with E-state index < -0.39 is 52.4 Å². The fraction of sp³-hybridized carbons (Fsp3) is 0.0667. The molecular weight excluding hydrogens is 354 g/mol. The summed E-state index contributed by atoms with van der Waals surface area (Å²) in [6.45, 7) is 0. The Bertz CT molecular complexity index is 923. The molecule has 0 unspecified atom stereocenters. The first-order chi connectivity index (χ1) is 11.8. The number of hydrogen-bond acceptors (Lipinski definition) is 4. The van der Waals surface area contributed by atoms with Gasteiger partial charge in [-0.1, -0.05) is 11.2 Å².